The fourth-order valence-corrected chi connectivity index (χ4v) is 4.96. The molecule has 2 aromatic carbocycles. The number of imidazole rings is 1. The molecule has 0 bridgehead atoms. The molecule has 0 aliphatic rings. The minimum Gasteiger partial charge on any atom is -0.309 e. The van der Waals surface area contributed by atoms with Gasteiger partial charge >= 0.3 is 0 Å². The van der Waals surface area contributed by atoms with Crippen LogP contribution in [0.25, 0.3) is 38.9 Å². The third-order valence-corrected chi connectivity index (χ3v) is 7.49. The van der Waals surface area contributed by atoms with E-state index < -0.39 is 0 Å². The lowest BCUT2D eigenvalue weighted by molar-refractivity contribution is -0.117. The van der Waals surface area contributed by atoms with E-state index in [4.69, 9.17) is 9.97 Å². The summed E-state index contributed by atoms with van der Waals surface area (Å²) in [6.07, 6.45) is 5.56. The van der Waals surface area contributed by atoms with Crippen LogP contribution in [0, 0.1) is 32.6 Å². The number of hydrogen-bond donors (Lipinski definition) is 2. The number of likely N-dealkylation sites (N-methyl/N-ethyl adjacent to an activating group) is 1. The van der Waals surface area contributed by atoms with Gasteiger partial charge < -0.3 is 10.6 Å². The fourth-order valence-electron chi connectivity index (χ4n) is 4.96. The van der Waals surface area contributed by atoms with E-state index in [0.29, 0.717) is 17.3 Å². The van der Waals surface area contributed by atoms with Crippen molar-refractivity contribution in [1.29, 1.82) is 0 Å². The maximum atomic E-state index is 12.7. The van der Waals surface area contributed by atoms with E-state index in [0.717, 1.165) is 44.7 Å². The van der Waals surface area contributed by atoms with Gasteiger partial charge in [0.2, 0.25) is 5.91 Å². The van der Waals surface area contributed by atoms with Crippen LogP contribution in [0.5, 0.6) is 0 Å². The normalized spacial score (nSPS) is 11.7. The number of amides is 1. The van der Waals surface area contributed by atoms with Gasteiger partial charge in [0.1, 0.15) is 28.7 Å². The van der Waals surface area contributed by atoms with Crippen LogP contribution >= 0.6 is 0 Å². The Labute approximate surface area is 250 Å². The Hall–Kier alpha value is -5.39. The Morgan fingerprint density at radius 2 is 1.74 bits per heavy atom. The van der Waals surface area contributed by atoms with Gasteiger partial charge in [0, 0.05) is 35.3 Å². The average Bonchev–Trinajstić information content (AvgIpc) is 3.38. The number of benzene rings is 2. The van der Waals surface area contributed by atoms with E-state index in [2.05, 4.69) is 69.7 Å². The second-order valence-electron chi connectivity index (χ2n) is 10.6. The number of aromatic nitrogens is 5. The number of fused-ring (bicyclic) bond motifs is 2. The highest BCUT2D eigenvalue weighted by molar-refractivity contribution is 5.94. The second kappa shape index (κ2) is 11.5. The van der Waals surface area contributed by atoms with Gasteiger partial charge in [0.05, 0.1) is 11.7 Å². The van der Waals surface area contributed by atoms with Crippen LogP contribution in [0.15, 0.2) is 79.3 Å². The topological polar surface area (TPSA) is 97.1 Å². The summed E-state index contributed by atoms with van der Waals surface area (Å²) in [5.74, 6) is 7.55. The molecule has 6 rings (SSSR count). The smallest absolute Gasteiger partial charge is 0.242 e. The van der Waals surface area contributed by atoms with Crippen molar-refractivity contribution in [3.63, 3.8) is 0 Å². The summed E-state index contributed by atoms with van der Waals surface area (Å²) in [6, 6.07) is 19.9. The average molecular weight is 566 g/mol. The van der Waals surface area contributed by atoms with Gasteiger partial charge in [0.25, 0.3) is 0 Å². The summed E-state index contributed by atoms with van der Waals surface area (Å²) in [4.78, 5) is 31.4. The number of anilines is 1. The third-order valence-electron chi connectivity index (χ3n) is 7.49. The van der Waals surface area contributed by atoms with Crippen LogP contribution in [-0.2, 0) is 4.79 Å². The molecule has 0 fully saturated rings. The van der Waals surface area contributed by atoms with Crippen molar-refractivity contribution >= 4 is 28.1 Å². The number of nitrogens with one attached hydrogen (secondary N) is 2. The Morgan fingerprint density at radius 1 is 0.930 bits per heavy atom. The summed E-state index contributed by atoms with van der Waals surface area (Å²) in [5, 5.41) is 8.19. The SMILES string of the molecule is CN[C@@H](C)C(=O)Nc1ccc(-c2c(-c3cnc(C)nc3)nc3cc(C)ccn23)c(C#Cc2ccc3c(C)cccc3c2)n1. The third kappa shape index (κ3) is 5.59. The first-order valence-corrected chi connectivity index (χ1v) is 14.1. The number of hydrogen-bond acceptors (Lipinski definition) is 6. The molecule has 6 aromatic rings. The van der Waals surface area contributed by atoms with Crippen molar-refractivity contribution in [1.82, 2.24) is 29.7 Å². The predicted octanol–water partition coefficient (Wildman–Crippen LogP) is 5.88. The molecule has 2 N–H and O–H groups in total. The maximum absolute atomic E-state index is 12.7. The van der Waals surface area contributed by atoms with Gasteiger partial charge in [-0.05, 0) is 99.0 Å². The molecular weight excluding hydrogens is 534 g/mol. The van der Waals surface area contributed by atoms with Crippen LogP contribution in [0.3, 0.4) is 0 Å². The molecule has 1 amide bonds. The molecule has 212 valence electrons. The highest BCUT2D eigenvalue weighted by atomic mass is 16.2. The lowest BCUT2D eigenvalue weighted by atomic mass is 10.0. The summed E-state index contributed by atoms with van der Waals surface area (Å²) >= 11 is 0. The zero-order valence-electron chi connectivity index (χ0n) is 24.7. The summed E-state index contributed by atoms with van der Waals surface area (Å²) < 4.78 is 2.03. The molecule has 4 aromatic heterocycles. The molecular formula is C35H31N7O. The van der Waals surface area contributed by atoms with E-state index in [1.807, 2.05) is 48.7 Å². The zero-order valence-corrected chi connectivity index (χ0v) is 24.7. The lowest BCUT2D eigenvalue weighted by Crippen LogP contribution is -2.35. The van der Waals surface area contributed by atoms with Crippen LogP contribution in [0.2, 0.25) is 0 Å². The second-order valence-corrected chi connectivity index (χ2v) is 10.6. The maximum Gasteiger partial charge on any atom is 0.242 e. The molecule has 0 saturated carbocycles. The Kier molecular flexibility index (Phi) is 7.41. The summed E-state index contributed by atoms with van der Waals surface area (Å²) in [5.41, 5.74) is 7.57. The standard InChI is InChI=1S/C35H31N7O/c1-21-15-16-42-32(17-21)41-33(27-19-37-24(4)38-20-27)34(42)29-12-14-31(40-35(43)23(3)36-5)39-30(29)13-10-25-9-11-28-22(2)7-6-8-26(28)18-25/h6-9,11-12,14-20,23,36H,1-5H3,(H,39,40,43)/t23-/m0/s1. The first kappa shape index (κ1) is 27.8. The summed E-state index contributed by atoms with van der Waals surface area (Å²) in [7, 11) is 1.74. The van der Waals surface area contributed by atoms with Crippen molar-refractivity contribution in [3.8, 4) is 34.4 Å². The predicted molar refractivity (Wildman–Crippen MR) is 171 cm³/mol. The molecule has 1 atom stereocenters. The Bertz CT molecular complexity index is 2070. The van der Waals surface area contributed by atoms with Crippen molar-refractivity contribution in [2.75, 3.05) is 12.4 Å². The molecule has 8 heteroatoms. The minimum absolute atomic E-state index is 0.186. The molecule has 0 unspecified atom stereocenters. The Balaban J connectivity index is 1.55. The van der Waals surface area contributed by atoms with E-state index >= 15 is 0 Å². The van der Waals surface area contributed by atoms with Crippen LogP contribution in [-0.4, -0.2) is 43.3 Å². The number of aryl methyl sites for hydroxylation is 3. The number of rotatable bonds is 5. The van der Waals surface area contributed by atoms with Crippen LogP contribution < -0.4 is 10.6 Å². The monoisotopic (exact) mass is 565 g/mol. The highest BCUT2D eigenvalue weighted by Gasteiger charge is 2.21. The molecule has 0 saturated heterocycles. The molecule has 43 heavy (non-hydrogen) atoms. The molecule has 4 heterocycles. The molecule has 0 spiro atoms. The van der Waals surface area contributed by atoms with E-state index in [9.17, 15) is 4.79 Å². The van der Waals surface area contributed by atoms with Gasteiger partial charge in [0.15, 0.2) is 0 Å². The van der Waals surface area contributed by atoms with Crippen molar-refractivity contribution in [2.24, 2.45) is 0 Å². The van der Waals surface area contributed by atoms with Gasteiger partial charge in [-0.2, -0.15) is 0 Å². The van der Waals surface area contributed by atoms with Gasteiger partial charge in [-0.15, -0.1) is 0 Å². The lowest BCUT2D eigenvalue weighted by Gasteiger charge is -2.13. The van der Waals surface area contributed by atoms with Crippen molar-refractivity contribution in [2.45, 2.75) is 33.7 Å². The summed E-state index contributed by atoms with van der Waals surface area (Å²) in [6.45, 7) is 7.79. The first-order chi connectivity index (χ1) is 20.8. The van der Waals surface area contributed by atoms with Crippen LogP contribution in [0.4, 0.5) is 5.82 Å². The quantitative estimate of drug-likeness (QED) is 0.254. The number of carbonyl (C=O) groups is 1. The highest BCUT2D eigenvalue weighted by Crippen LogP contribution is 2.34. The van der Waals surface area contributed by atoms with Gasteiger partial charge in [-0.3, -0.25) is 9.20 Å². The van der Waals surface area contributed by atoms with Gasteiger partial charge in [-0.1, -0.05) is 30.2 Å². The fraction of sp³-hybridized carbons (Fsp3) is 0.171. The molecule has 8 nitrogen and oxygen atoms in total. The molecule has 0 radical (unpaired) electrons. The van der Waals surface area contributed by atoms with Gasteiger partial charge in [-0.25, -0.2) is 19.9 Å². The number of carbonyl (C=O) groups excluding carboxylic acids is 1. The van der Waals surface area contributed by atoms with E-state index in [1.165, 1.54) is 10.9 Å². The van der Waals surface area contributed by atoms with Crippen molar-refractivity contribution in [3.05, 3.63) is 107 Å². The minimum atomic E-state index is -0.382. The van der Waals surface area contributed by atoms with E-state index in [1.54, 1.807) is 32.4 Å². The molecule has 0 aliphatic heterocycles. The largest absolute Gasteiger partial charge is 0.309 e. The number of nitrogens with zero attached hydrogens (tertiary/aromatic N) is 5. The number of pyridine rings is 2. The zero-order chi connectivity index (χ0) is 30.1. The first-order valence-electron chi connectivity index (χ1n) is 14.1. The van der Waals surface area contributed by atoms with Crippen molar-refractivity contribution < 1.29 is 4.79 Å². The Morgan fingerprint density at radius 3 is 2.53 bits per heavy atom. The molecule has 0 aliphatic carbocycles. The van der Waals surface area contributed by atoms with Crippen LogP contribution in [0.1, 0.15) is 35.1 Å². The van der Waals surface area contributed by atoms with E-state index in [-0.39, 0.29) is 11.9 Å².